The topological polar surface area (TPSA) is 81.2 Å². The van der Waals surface area contributed by atoms with Crippen molar-refractivity contribution < 1.29 is 19.5 Å². The summed E-state index contributed by atoms with van der Waals surface area (Å²) in [5.41, 5.74) is -0.509. The van der Waals surface area contributed by atoms with Crippen molar-refractivity contribution in [3.63, 3.8) is 0 Å². The van der Waals surface area contributed by atoms with Crippen molar-refractivity contribution in [2.45, 2.75) is 108 Å². The van der Waals surface area contributed by atoms with Crippen LogP contribution in [-0.2, 0) is 14.4 Å². The van der Waals surface area contributed by atoms with Gasteiger partial charge in [0.2, 0.25) is 17.7 Å². The first-order chi connectivity index (χ1) is 18.0. The first kappa shape index (κ1) is 31.7. The Morgan fingerprint density at radius 3 is 2.28 bits per heavy atom. The molecular formula is C31H51N3O4S. The number of carbonyl (C=O) groups excluding carboxylic acids is 3. The summed E-state index contributed by atoms with van der Waals surface area (Å²) in [5, 5.41) is 10.2. The van der Waals surface area contributed by atoms with E-state index < -0.39 is 39.0 Å². The lowest BCUT2D eigenvalue weighted by Gasteiger charge is -2.46. The molecule has 39 heavy (non-hydrogen) atoms. The molecule has 220 valence electrons. The molecule has 0 aromatic carbocycles. The molecule has 0 aliphatic carbocycles. The summed E-state index contributed by atoms with van der Waals surface area (Å²) in [6.45, 7) is 25.5. The Kier molecular flexibility index (Phi) is 9.13. The second kappa shape index (κ2) is 11.2. The highest BCUT2D eigenvalue weighted by Gasteiger charge is 2.78. The molecule has 0 radical (unpaired) electrons. The highest BCUT2D eigenvalue weighted by Crippen LogP contribution is 2.72. The number of aliphatic hydroxyl groups is 1. The fourth-order valence-electron chi connectivity index (χ4n) is 7.80. The van der Waals surface area contributed by atoms with E-state index in [-0.39, 0.29) is 29.7 Å². The van der Waals surface area contributed by atoms with Crippen LogP contribution in [0, 0.1) is 17.3 Å². The number of aliphatic hydroxyl groups excluding tert-OH is 1. The number of rotatable bonds is 12. The molecule has 3 fully saturated rings. The molecule has 8 heteroatoms. The van der Waals surface area contributed by atoms with Crippen LogP contribution in [0.25, 0.3) is 0 Å². The van der Waals surface area contributed by atoms with Gasteiger partial charge in [-0.15, -0.1) is 24.9 Å². The molecule has 3 rings (SSSR count). The molecule has 3 aliphatic rings. The number of hydrogen-bond acceptors (Lipinski definition) is 5. The van der Waals surface area contributed by atoms with E-state index in [0.717, 1.165) is 19.3 Å². The molecule has 6 atom stereocenters. The summed E-state index contributed by atoms with van der Waals surface area (Å²) in [6, 6.07) is -1.29. The zero-order chi connectivity index (χ0) is 29.6. The normalized spacial score (nSPS) is 30.7. The van der Waals surface area contributed by atoms with Crippen LogP contribution in [-0.4, -0.2) is 90.9 Å². The Bertz CT molecular complexity index is 991. The molecule has 0 aromatic heterocycles. The molecule has 3 saturated heterocycles. The van der Waals surface area contributed by atoms with Crippen LogP contribution in [0.15, 0.2) is 25.3 Å². The van der Waals surface area contributed by atoms with Gasteiger partial charge < -0.3 is 19.8 Å². The molecule has 7 nitrogen and oxygen atoms in total. The van der Waals surface area contributed by atoms with E-state index in [4.69, 9.17) is 0 Å². The van der Waals surface area contributed by atoms with Gasteiger partial charge in [-0.3, -0.25) is 14.4 Å². The van der Waals surface area contributed by atoms with E-state index in [1.54, 1.807) is 35.7 Å². The third kappa shape index (κ3) is 5.44. The summed E-state index contributed by atoms with van der Waals surface area (Å²) in [6.07, 6.45) is 6.53. The minimum absolute atomic E-state index is 0.0208. The monoisotopic (exact) mass is 561 g/mol. The minimum Gasteiger partial charge on any atom is -0.394 e. The summed E-state index contributed by atoms with van der Waals surface area (Å²) in [5.74, 6) is -1.42. The van der Waals surface area contributed by atoms with Gasteiger partial charge in [0.25, 0.3) is 0 Å². The standard InChI is InChI=1S/C31H51N3O4S/c1-11-16-32(17-12-2)25(36)22-23-26(37)34(21(4)19-35)24(31(23)15-14-30(22,10)39-31)27(38)33(18-13-3)29(8,9)20-28(5,6)7/h11,13,21-24,35H,1,3,12,14-20H2,2,4-10H3/t21-,22+,23+,24?,30-,31?/m1/s1. The smallest absolute Gasteiger partial charge is 0.247 e. The van der Waals surface area contributed by atoms with Gasteiger partial charge in [0.05, 0.1) is 29.2 Å². The summed E-state index contributed by atoms with van der Waals surface area (Å²) in [4.78, 5) is 48.6. The van der Waals surface area contributed by atoms with Crippen molar-refractivity contribution >= 4 is 29.5 Å². The third-order valence-corrected chi connectivity index (χ3v) is 10.9. The number of hydrogen-bond donors (Lipinski definition) is 1. The van der Waals surface area contributed by atoms with Crippen molar-refractivity contribution in [2.24, 2.45) is 17.3 Å². The van der Waals surface area contributed by atoms with Gasteiger partial charge in [-0.1, -0.05) is 39.8 Å². The number of fused-ring (bicyclic) bond motifs is 1. The molecule has 3 aliphatic heterocycles. The summed E-state index contributed by atoms with van der Waals surface area (Å²) in [7, 11) is 0. The summed E-state index contributed by atoms with van der Waals surface area (Å²) < 4.78 is -1.14. The van der Waals surface area contributed by atoms with Crippen molar-refractivity contribution in [2.75, 3.05) is 26.2 Å². The molecule has 3 heterocycles. The van der Waals surface area contributed by atoms with Crippen molar-refractivity contribution in [3.05, 3.63) is 25.3 Å². The maximum absolute atomic E-state index is 14.8. The molecule has 1 N–H and O–H groups in total. The van der Waals surface area contributed by atoms with Crippen LogP contribution in [0.4, 0.5) is 0 Å². The minimum atomic E-state index is -0.750. The first-order valence-electron chi connectivity index (χ1n) is 14.5. The van der Waals surface area contributed by atoms with E-state index in [1.807, 2.05) is 16.7 Å². The Morgan fingerprint density at radius 1 is 1.15 bits per heavy atom. The molecule has 0 aromatic rings. The average molecular weight is 562 g/mol. The number of carbonyl (C=O) groups is 3. The Labute approximate surface area is 240 Å². The highest BCUT2D eigenvalue weighted by molar-refractivity contribution is 8.02. The van der Waals surface area contributed by atoms with Crippen LogP contribution in [0.2, 0.25) is 0 Å². The molecular weight excluding hydrogens is 510 g/mol. The van der Waals surface area contributed by atoms with E-state index in [2.05, 4.69) is 54.7 Å². The van der Waals surface area contributed by atoms with Crippen molar-refractivity contribution in [1.29, 1.82) is 0 Å². The average Bonchev–Trinajstić information content (AvgIpc) is 3.40. The van der Waals surface area contributed by atoms with E-state index in [9.17, 15) is 19.5 Å². The van der Waals surface area contributed by atoms with Gasteiger partial charge in [-0.05, 0) is 58.8 Å². The Morgan fingerprint density at radius 2 is 1.77 bits per heavy atom. The second-order valence-corrected chi connectivity index (χ2v) is 15.8. The van der Waals surface area contributed by atoms with Crippen molar-refractivity contribution in [1.82, 2.24) is 14.7 Å². The maximum Gasteiger partial charge on any atom is 0.247 e. The number of thioether (sulfide) groups is 1. The van der Waals surface area contributed by atoms with E-state index >= 15 is 0 Å². The fourth-order valence-corrected chi connectivity index (χ4v) is 10.1. The van der Waals surface area contributed by atoms with Crippen LogP contribution in [0.3, 0.4) is 0 Å². The predicted molar refractivity (Wildman–Crippen MR) is 159 cm³/mol. The van der Waals surface area contributed by atoms with Gasteiger partial charge in [-0.25, -0.2) is 0 Å². The maximum atomic E-state index is 14.8. The van der Waals surface area contributed by atoms with E-state index in [1.165, 1.54) is 0 Å². The fraction of sp³-hybridized carbons (Fsp3) is 0.774. The zero-order valence-corrected chi connectivity index (χ0v) is 26.3. The Hall–Kier alpha value is -1.80. The van der Waals surface area contributed by atoms with Gasteiger partial charge in [0, 0.05) is 29.9 Å². The van der Waals surface area contributed by atoms with E-state index in [0.29, 0.717) is 26.1 Å². The molecule has 2 unspecified atom stereocenters. The molecule has 2 bridgehead atoms. The van der Waals surface area contributed by atoms with Crippen LogP contribution >= 0.6 is 11.8 Å². The largest absolute Gasteiger partial charge is 0.394 e. The number of likely N-dealkylation sites (tertiary alicyclic amines) is 1. The lowest BCUT2D eigenvalue weighted by Crippen LogP contribution is -2.61. The van der Waals surface area contributed by atoms with Crippen LogP contribution in [0.1, 0.15) is 81.1 Å². The van der Waals surface area contributed by atoms with Gasteiger partial charge in [-0.2, -0.15) is 0 Å². The van der Waals surface area contributed by atoms with Crippen LogP contribution in [0.5, 0.6) is 0 Å². The number of amides is 3. The van der Waals surface area contributed by atoms with Gasteiger partial charge >= 0.3 is 0 Å². The lowest BCUT2D eigenvalue weighted by atomic mass is 9.66. The second-order valence-electron chi connectivity index (χ2n) is 13.9. The quantitative estimate of drug-likeness (QED) is 0.355. The number of nitrogens with zero attached hydrogens (tertiary/aromatic N) is 3. The highest BCUT2D eigenvalue weighted by atomic mass is 32.2. The molecule has 0 saturated carbocycles. The van der Waals surface area contributed by atoms with Crippen molar-refractivity contribution in [3.8, 4) is 0 Å². The summed E-state index contributed by atoms with van der Waals surface area (Å²) >= 11 is 1.68. The third-order valence-electron chi connectivity index (χ3n) is 8.88. The van der Waals surface area contributed by atoms with Gasteiger partial charge in [0.1, 0.15) is 6.04 Å². The predicted octanol–water partition coefficient (Wildman–Crippen LogP) is 4.50. The molecule has 1 spiro atoms. The SMILES string of the molecule is C=CCN(CCC)C(=O)[C@@H]1[C@H]2C(=O)N([C@H](C)CO)C(C(=O)N(CC=C)C(C)(C)CC(C)(C)C)C23CC[C@@]1(C)S3. The van der Waals surface area contributed by atoms with Crippen LogP contribution < -0.4 is 0 Å². The zero-order valence-electron chi connectivity index (χ0n) is 25.5. The molecule has 3 amide bonds. The van der Waals surface area contributed by atoms with Gasteiger partial charge in [0.15, 0.2) is 0 Å². The first-order valence-corrected chi connectivity index (χ1v) is 15.3. The lowest BCUT2D eigenvalue weighted by molar-refractivity contribution is -0.149. The Balaban J connectivity index is 2.14.